The lowest BCUT2D eigenvalue weighted by atomic mass is 10.0. The molecule has 0 N–H and O–H groups in total. The quantitative estimate of drug-likeness (QED) is 0.705. The highest BCUT2D eigenvalue weighted by Crippen LogP contribution is 2.29. The van der Waals surface area contributed by atoms with E-state index in [2.05, 4.69) is 11.2 Å². The molecule has 134 valence electrons. The first-order valence-electron chi connectivity index (χ1n) is 8.40. The molecule has 3 aromatic rings. The minimum Gasteiger partial charge on any atom is -0.494 e. The molecule has 0 aliphatic carbocycles. The van der Waals surface area contributed by atoms with Crippen molar-refractivity contribution < 1.29 is 9.47 Å². The highest BCUT2D eigenvalue weighted by atomic mass is 16.5. The van der Waals surface area contributed by atoms with Crippen LogP contribution in [0.25, 0.3) is 11.1 Å². The van der Waals surface area contributed by atoms with Gasteiger partial charge in [0.1, 0.15) is 12.4 Å². The number of hydrogen-bond acceptors (Lipinski definition) is 4. The number of ether oxygens (including phenoxy) is 2. The fraction of sp³-hybridized carbons (Fsp3) is 0.238. The lowest BCUT2D eigenvalue weighted by molar-refractivity contribution is 0.304. The van der Waals surface area contributed by atoms with Crippen molar-refractivity contribution in [3.63, 3.8) is 0 Å². The largest absolute Gasteiger partial charge is 0.494 e. The van der Waals surface area contributed by atoms with Crippen LogP contribution in [0.4, 0.5) is 0 Å². The standard InChI is InChI=1S/C21H22N2O3/c1-14-9-10-15(2)18(11-14)26-13-16-7-5-6-8-17(16)20-19(25-4)12-22-23(3)21(20)24/h5-12H,13H2,1-4H3. The number of aryl methyl sites for hydroxylation is 3. The van der Waals surface area contributed by atoms with Gasteiger partial charge in [-0.25, -0.2) is 4.68 Å². The van der Waals surface area contributed by atoms with E-state index in [1.54, 1.807) is 13.2 Å². The van der Waals surface area contributed by atoms with Gasteiger partial charge in [-0.05, 0) is 42.2 Å². The Bertz CT molecular complexity index is 993. The van der Waals surface area contributed by atoms with Crippen molar-refractivity contribution in [1.29, 1.82) is 0 Å². The van der Waals surface area contributed by atoms with Crippen LogP contribution < -0.4 is 15.0 Å². The molecule has 0 unspecified atom stereocenters. The zero-order chi connectivity index (χ0) is 18.7. The number of methoxy groups -OCH3 is 1. The van der Waals surface area contributed by atoms with Gasteiger partial charge < -0.3 is 9.47 Å². The first-order valence-corrected chi connectivity index (χ1v) is 8.40. The van der Waals surface area contributed by atoms with Crippen LogP contribution in [0.2, 0.25) is 0 Å². The van der Waals surface area contributed by atoms with E-state index in [1.807, 2.05) is 50.2 Å². The highest BCUT2D eigenvalue weighted by molar-refractivity contribution is 5.72. The fourth-order valence-corrected chi connectivity index (χ4v) is 2.83. The van der Waals surface area contributed by atoms with E-state index in [9.17, 15) is 4.79 Å². The SMILES string of the molecule is COc1cnn(C)c(=O)c1-c1ccccc1COc1cc(C)ccc1C. The average Bonchev–Trinajstić information content (AvgIpc) is 2.65. The van der Waals surface area contributed by atoms with Crippen LogP contribution in [0.15, 0.2) is 53.5 Å². The van der Waals surface area contributed by atoms with Crippen molar-refractivity contribution in [3.05, 3.63) is 75.7 Å². The van der Waals surface area contributed by atoms with Gasteiger partial charge in [-0.1, -0.05) is 36.4 Å². The summed E-state index contributed by atoms with van der Waals surface area (Å²) in [4.78, 5) is 12.7. The van der Waals surface area contributed by atoms with E-state index in [-0.39, 0.29) is 5.56 Å². The third kappa shape index (κ3) is 3.47. The van der Waals surface area contributed by atoms with Gasteiger partial charge in [-0.3, -0.25) is 4.79 Å². The molecular formula is C21H22N2O3. The second kappa shape index (κ2) is 7.44. The van der Waals surface area contributed by atoms with Gasteiger partial charge in [0.05, 0.1) is 18.9 Å². The van der Waals surface area contributed by atoms with Gasteiger partial charge in [0, 0.05) is 7.05 Å². The van der Waals surface area contributed by atoms with Crippen molar-refractivity contribution in [1.82, 2.24) is 9.78 Å². The van der Waals surface area contributed by atoms with Gasteiger partial charge >= 0.3 is 0 Å². The summed E-state index contributed by atoms with van der Waals surface area (Å²) in [6.07, 6.45) is 1.55. The summed E-state index contributed by atoms with van der Waals surface area (Å²) in [6, 6.07) is 13.8. The second-order valence-electron chi connectivity index (χ2n) is 6.23. The van der Waals surface area contributed by atoms with Crippen molar-refractivity contribution in [3.8, 4) is 22.6 Å². The van der Waals surface area contributed by atoms with Crippen LogP contribution in [0.1, 0.15) is 16.7 Å². The van der Waals surface area contributed by atoms with E-state index in [0.717, 1.165) is 28.0 Å². The first kappa shape index (κ1) is 17.7. The van der Waals surface area contributed by atoms with Gasteiger partial charge in [0.15, 0.2) is 5.75 Å². The van der Waals surface area contributed by atoms with Crippen molar-refractivity contribution in [2.24, 2.45) is 7.05 Å². The molecule has 26 heavy (non-hydrogen) atoms. The van der Waals surface area contributed by atoms with Crippen molar-refractivity contribution in [2.45, 2.75) is 20.5 Å². The Labute approximate surface area is 152 Å². The molecule has 0 bridgehead atoms. The molecule has 0 saturated heterocycles. The van der Waals surface area contributed by atoms with Crippen LogP contribution in [0.5, 0.6) is 11.5 Å². The Morgan fingerprint density at radius 3 is 2.62 bits per heavy atom. The van der Waals surface area contributed by atoms with Crippen LogP contribution in [0.3, 0.4) is 0 Å². The Morgan fingerprint density at radius 1 is 1.08 bits per heavy atom. The van der Waals surface area contributed by atoms with E-state index in [4.69, 9.17) is 9.47 Å². The third-order valence-corrected chi connectivity index (χ3v) is 4.34. The summed E-state index contributed by atoms with van der Waals surface area (Å²) >= 11 is 0. The van der Waals surface area contributed by atoms with Crippen molar-refractivity contribution in [2.75, 3.05) is 7.11 Å². The minimum absolute atomic E-state index is 0.205. The molecule has 1 aromatic heterocycles. The number of nitrogens with zero attached hydrogens (tertiary/aromatic N) is 2. The number of rotatable bonds is 5. The normalized spacial score (nSPS) is 10.6. The molecule has 0 fully saturated rings. The molecular weight excluding hydrogens is 328 g/mol. The predicted molar refractivity (Wildman–Crippen MR) is 102 cm³/mol. The van der Waals surface area contributed by atoms with E-state index < -0.39 is 0 Å². The van der Waals surface area contributed by atoms with Crippen molar-refractivity contribution >= 4 is 0 Å². The highest BCUT2D eigenvalue weighted by Gasteiger charge is 2.16. The molecule has 5 heteroatoms. The summed E-state index contributed by atoms with van der Waals surface area (Å²) in [6.45, 7) is 4.41. The van der Waals surface area contributed by atoms with Gasteiger partial charge in [-0.15, -0.1) is 0 Å². The van der Waals surface area contributed by atoms with E-state index in [1.165, 1.54) is 11.8 Å². The maximum Gasteiger partial charge on any atom is 0.278 e. The Hall–Kier alpha value is -3.08. The molecule has 0 aliphatic heterocycles. The molecule has 0 spiro atoms. The van der Waals surface area contributed by atoms with E-state index in [0.29, 0.717) is 17.9 Å². The summed E-state index contributed by atoms with van der Waals surface area (Å²) < 4.78 is 12.7. The minimum atomic E-state index is -0.205. The Balaban J connectivity index is 2.01. The smallest absolute Gasteiger partial charge is 0.278 e. The summed E-state index contributed by atoms with van der Waals surface area (Å²) in [5.74, 6) is 1.29. The molecule has 0 radical (unpaired) electrons. The number of hydrogen-bond donors (Lipinski definition) is 0. The van der Waals surface area contributed by atoms with Gasteiger partial charge in [0.2, 0.25) is 0 Å². The fourth-order valence-electron chi connectivity index (χ4n) is 2.83. The Morgan fingerprint density at radius 2 is 1.85 bits per heavy atom. The first-order chi connectivity index (χ1) is 12.5. The maximum atomic E-state index is 12.7. The summed E-state index contributed by atoms with van der Waals surface area (Å²) in [7, 11) is 3.16. The Kier molecular flexibility index (Phi) is 5.07. The molecule has 5 nitrogen and oxygen atoms in total. The van der Waals surface area contributed by atoms with Gasteiger partial charge in [-0.2, -0.15) is 5.10 Å². The maximum absolute atomic E-state index is 12.7. The molecule has 0 aliphatic rings. The lowest BCUT2D eigenvalue weighted by Gasteiger charge is -2.15. The third-order valence-electron chi connectivity index (χ3n) is 4.34. The zero-order valence-corrected chi connectivity index (χ0v) is 15.4. The molecule has 0 atom stereocenters. The van der Waals surface area contributed by atoms with Crippen LogP contribution >= 0.6 is 0 Å². The van der Waals surface area contributed by atoms with Crippen LogP contribution in [0, 0.1) is 13.8 Å². The summed E-state index contributed by atoms with van der Waals surface area (Å²) in [5.41, 5.74) is 4.20. The molecule has 3 rings (SSSR count). The van der Waals surface area contributed by atoms with E-state index >= 15 is 0 Å². The van der Waals surface area contributed by atoms with Crippen LogP contribution in [-0.2, 0) is 13.7 Å². The molecule has 0 saturated carbocycles. The average molecular weight is 350 g/mol. The zero-order valence-electron chi connectivity index (χ0n) is 15.4. The molecule has 0 amide bonds. The monoisotopic (exact) mass is 350 g/mol. The molecule has 2 aromatic carbocycles. The topological polar surface area (TPSA) is 53.4 Å². The van der Waals surface area contributed by atoms with Crippen LogP contribution in [-0.4, -0.2) is 16.9 Å². The summed E-state index contributed by atoms with van der Waals surface area (Å²) in [5, 5.41) is 4.03. The number of benzene rings is 2. The lowest BCUT2D eigenvalue weighted by Crippen LogP contribution is -2.22. The second-order valence-corrected chi connectivity index (χ2v) is 6.23. The van der Waals surface area contributed by atoms with Gasteiger partial charge in [0.25, 0.3) is 5.56 Å². The molecule has 1 heterocycles. The number of aromatic nitrogens is 2. The predicted octanol–water partition coefficient (Wildman–Crippen LogP) is 3.65.